The first kappa shape index (κ1) is 12.3. The molecule has 0 bridgehead atoms. The quantitative estimate of drug-likeness (QED) is 0.835. The normalized spacial score (nSPS) is 22.3. The van der Waals surface area contributed by atoms with Crippen LogP contribution in [0.5, 0.6) is 0 Å². The molecule has 1 aromatic rings. The highest BCUT2D eigenvalue weighted by Gasteiger charge is 2.39. The van der Waals surface area contributed by atoms with E-state index in [0.717, 1.165) is 25.7 Å². The fraction of sp³-hybridized carbons (Fsp3) is 0.571. The van der Waals surface area contributed by atoms with Crippen LogP contribution >= 0.6 is 0 Å². The van der Waals surface area contributed by atoms with Crippen LogP contribution in [-0.4, -0.2) is 35.3 Å². The second kappa shape index (κ2) is 4.72. The summed E-state index contributed by atoms with van der Waals surface area (Å²) in [6.07, 6.45) is 7.33. The van der Waals surface area contributed by atoms with E-state index in [9.17, 15) is 9.59 Å². The number of nitrogens with zero attached hydrogens (tertiary/aromatic N) is 1. The van der Waals surface area contributed by atoms with Crippen molar-refractivity contribution in [1.29, 1.82) is 0 Å². The number of piperidine rings is 2. The minimum atomic E-state index is -0.0670. The van der Waals surface area contributed by atoms with E-state index in [1.807, 2.05) is 4.90 Å². The summed E-state index contributed by atoms with van der Waals surface area (Å²) in [5.74, 6) is 0.173. The summed E-state index contributed by atoms with van der Waals surface area (Å²) in [5.41, 5.74) is 0.534. The van der Waals surface area contributed by atoms with Gasteiger partial charge in [0.25, 0.3) is 5.91 Å². The molecule has 0 radical (unpaired) electrons. The van der Waals surface area contributed by atoms with Crippen molar-refractivity contribution in [2.24, 2.45) is 0 Å². The Hall–Kier alpha value is -1.78. The summed E-state index contributed by atoms with van der Waals surface area (Å²) < 4.78 is 4.95. The first-order chi connectivity index (χ1) is 9.19. The summed E-state index contributed by atoms with van der Waals surface area (Å²) in [5, 5.41) is 3.13. The topological polar surface area (TPSA) is 62.6 Å². The van der Waals surface area contributed by atoms with E-state index in [-0.39, 0.29) is 17.4 Å². The highest BCUT2D eigenvalue weighted by molar-refractivity contribution is 5.93. The van der Waals surface area contributed by atoms with Crippen LogP contribution in [0.1, 0.15) is 42.5 Å². The number of nitrogens with one attached hydrogen (secondary N) is 1. The van der Waals surface area contributed by atoms with Gasteiger partial charge < -0.3 is 14.6 Å². The molecule has 0 saturated carbocycles. The van der Waals surface area contributed by atoms with Crippen molar-refractivity contribution >= 4 is 11.8 Å². The summed E-state index contributed by atoms with van der Waals surface area (Å²) in [6, 6.07) is 1.69. The lowest BCUT2D eigenvalue weighted by Crippen LogP contribution is -2.57. The molecule has 19 heavy (non-hydrogen) atoms. The number of hydrogen-bond donors (Lipinski definition) is 1. The SMILES string of the molecule is O=C1CCCC2(CCN(C(=O)c3ccoc3)CC2)N1. The Labute approximate surface area is 111 Å². The summed E-state index contributed by atoms with van der Waals surface area (Å²) in [7, 11) is 0. The molecular formula is C14H18N2O3. The number of likely N-dealkylation sites (tertiary alicyclic amines) is 1. The van der Waals surface area contributed by atoms with Crippen LogP contribution in [0.25, 0.3) is 0 Å². The minimum absolute atomic E-state index is 0.0192. The molecule has 3 heterocycles. The van der Waals surface area contributed by atoms with Crippen molar-refractivity contribution < 1.29 is 14.0 Å². The van der Waals surface area contributed by atoms with Crippen molar-refractivity contribution in [3.8, 4) is 0 Å². The maximum Gasteiger partial charge on any atom is 0.257 e. The number of furan rings is 1. The zero-order valence-corrected chi connectivity index (χ0v) is 10.9. The van der Waals surface area contributed by atoms with E-state index in [1.165, 1.54) is 12.5 Å². The number of rotatable bonds is 1. The molecule has 0 atom stereocenters. The van der Waals surface area contributed by atoms with E-state index < -0.39 is 0 Å². The van der Waals surface area contributed by atoms with E-state index in [2.05, 4.69) is 5.32 Å². The molecule has 5 nitrogen and oxygen atoms in total. The van der Waals surface area contributed by atoms with Gasteiger partial charge >= 0.3 is 0 Å². The van der Waals surface area contributed by atoms with Gasteiger partial charge in [0.15, 0.2) is 0 Å². The van der Waals surface area contributed by atoms with Crippen molar-refractivity contribution in [3.05, 3.63) is 24.2 Å². The summed E-state index contributed by atoms with van der Waals surface area (Å²) in [6.45, 7) is 1.40. The molecule has 2 aliphatic rings. The highest BCUT2D eigenvalue weighted by atomic mass is 16.3. The molecular weight excluding hydrogens is 244 g/mol. The van der Waals surface area contributed by atoms with Gasteiger partial charge in [0.1, 0.15) is 6.26 Å². The van der Waals surface area contributed by atoms with Gasteiger partial charge in [-0.3, -0.25) is 9.59 Å². The maximum absolute atomic E-state index is 12.2. The first-order valence-electron chi connectivity index (χ1n) is 6.81. The summed E-state index contributed by atoms with van der Waals surface area (Å²) in [4.78, 5) is 25.6. The van der Waals surface area contributed by atoms with Gasteiger partial charge in [-0.25, -0.2) is 0 Å². The molecule has 0 aromatic carbocycles. The van der Waals surface area contributed by atoms with Crippen LogP contribution in [0, 0.1) is 0 Å². The molecule has 0 unspecified atom stereocenters. The maximum atomic E-state index is 12.2. The first-order valence-corrected chi connectivity index (χ1v) is 6.81. The Morgan fingerprint density at radius 3 is 2.74 bits per heavy atom. The van der Waals surface area contributed by atoms with Crippen molar-refractivity contribution in [2.75, 3.05) is 13.1 Å². The zero-order valence-electron chi connectivity index (χ0n) is 10.9. The van der Waals surface area contributed by atoms with Crippen LogP contribution < -0.4 is 5.32 Å². The number of hydrogen-bond acceptors (Lipinski definition) is 3. The summed E-state index contributed by atoms with van der Waals surface area (Å²) >= 11 is 0. The van der Waals surface area contributed by atoms with E-state index in [0.29, 0.717) is 25.1 Å². The minimum Gasteiger partial charge on any atom is -0.472 e. The van der Waals surface area contributed by atoms with Crippen molar-refractivity contribution in [2.45, 2.75) is 37.6 Å². The molecule has 2 amide bonds. The zero-order chi connectivity index (χ0) is 13.3. The molecule has 1 spiro atoms. The number of carbonyl (C=O) groups excluding carboxylic acids is 2. The highest BCUT2D eigenvalue weighted by Crippen LogP contribution is 2.31. The monoisotopic (exact) mass is 262 g/mol. The van der Waals surface area contributed by atoms with Gasteiger partial charge in [0.05, 0.1) is 11.8 Å². The van der Waals surface area contributed by atoms with Crippen molar-refractivity contribution in [3.63, 3.8) is 0 Å². The molecule has 2 aliphatic heterocycles. The second-order valence-corrected chi connectivity index (χ2v) is 5.49. The van der Waals surface area contributed by atoms with E-state index >= 15 is 0 Å². The molecule has 2 fully saturated rings. The smallest absolute Gasteiger partial charge is 0.257 e. The molecule has 2 saturated heterocycles. The third-order valence-electron chi connectivity index (χ3n) is 4.24. The lowest BCUT2D eigenvalue weighted by atomic mass is 9.80. The van der Waals surface area contributed by atoms with Gasteiger partial charge in [-0.1, -0.05) is 0 Å². The Kier molecular flexibility index (Phi) is 3.05. The van der Waals surface area contributed by atoms with Crippen LogP contribution in [0.3, 0.4) is 0 Å². The fourth-order valence-electron chi connectivity index (χ4n) is 3.09. The average Bonchev–Trinajstić information content (AvgIpc) is 2.92. The Bertz CT molecular complexity index is 473. The Morgan fingerprint density at radius 2 is 2.11 bits per heavy atom. The van der Waals surface area contributed by atoms with Crippen LogP contribution in [0.15, 0.2) is 23.0 Å². The van der Waals surface area contributed by atoms with Gasteiger partial charge in [0.2, 0.25) is 5.91 Å². The molecule has 1 aromatic heterocycles. The van der Waals surface area contributed by atoms with Gasteiger partial charge in [-0.2, -0.15) is 0 Å². The average molecular weight is 262 g/mol. The molecule has 3 rings (SSSR count). The lowest BCUT2D eigenvalue weighted by molar-refractivity contribution is -0.125. The lowest BCUT2D eigenvalue weighted by Gasteiger charge is -2.44. The molecule has 5 heteroatoms. The van der Waals surface area contributed by atoms with Gasteiger partial charge in [0, 0.05) is 25.0 Å². The van der Waals surface area contributed by atoms with Gasteiger partial charge in [-0.05, 0) is 31.7 Å². The van der Waals surface area contributed by atoms with Crippen LogP contribution in [0.2, 0.25) is 0 Å². The largest absolute Gasteiger partial charge is 0.472 e. The van der Waals surface area contributed by atoms with Crippen molar-refractivity contribution in [1.82, 2.24) is 10.2 Å². The van der Waals surface area contributed by atoms with Gasteiger partial charge in [-0.15, -0.1) is 0 Å². The standard InChI is InChI=1S/C14H18N2O3/c17-12-2-1-4-14(15-12)5-7-16(8-6-14)13(18)11-3-9-19-10-11/h3,9-10H,1-2,4-8H2,(H,15,17). The predicted octanol–water partition coefficient (Wildman–Crippen LogP) is 1.55. The second-order valence-electron chi connectivity index (χ2n) is 5.49. The molecule has 0 aliphatic carbocycles. The van der Waals surface area contributed by atoms with E-state index in [4.69, 9.17) is 4.42 Å². The third kappa shape index (κ3) is 2.37. The van der Waals surface area contributed by atoms with Crippen LogP contribution in [-0.2, 0) is 4.79 Å². The van der Waals surface area contributed by atoms with E-state index in [1.54, 1.807) is 6.07 Å². The Morgan fingerprint density at radius 1 is 1.32 bits per heavy atom. The Balaban J connectivity index is 1.63. The number of amides is 2. The molecule has 1 N–H and O–H groups in total. The number of carbonyl (C=O) groups is 2. The third-order valence-corrected chi connectivity index (χ3v) is 4.24. The molecule has 102 valence electrons. The predicted molar refractivity (Wildman–Crippen MR) is 68.6 cm³/mol. The fourth-order valence-corrected chi connectivity index (χ4v) is 3.09. The van der Waals surface area contributed by atoms with Crippen LogP contribution in [0.4, 0.5) is 0 Å².